The van der Waals surface area contributed by atoms with Gasteiger partial charge >= 0.3 is 0 Å². The van der Waals surface area contributed by atoms with Crippen molar-refractivity contribution in [1.82, 2.24) is 0 Å². The lowest BCUT2D eigenvalue weighted by atomic mass is 9.87. The number of hydrogen-bond acceptors (Lipinski definition) is 4. The number of nitrogens with two attached hydrogens (primary N) is 1. The minimum atomic E-state index is -0.479. The summed E-state index contributed by atoms with van der Waals surface area (Å²) in [6, 6.07) is 6.08. The molecule has 28 heavy (non-hydrogen) atoms. The third-order valence-corrected chi connectivity index (χ3v) is 5.87. The lowest BCUT2D eigenvalue weighted by Crippen LogP contribution is -2.44. The Kier molecular flexibility index (Phi) is 9.10. The average Bonchev–Trinajstić information content (AvgIpc) is 3.48. The van der Waals surface area contributed by atoms with E-state index in [1.54, 1.807) is 7.11 Å². The Morgan fingerprint density at radius 2 is 1.96 bits per heavy atom. The Balaban J connectivity index is 1.85. The highest BCUT2D eigenvalue weighted by molar-refractivity contribution is 5.41. The number of ether oxygens (including phenoxy) is 2. The number of benzene rings is 1. The van der Waals surface area contributed by atoms with Crippen LogP contribution in [0.3, 0.4) is 0 Å². The minimum absolute atomic E-state index is 0.0434. The van der Waals surface area contributed by atoms with Crippen molar-refractivity contribution in [3.63, 3.8) is 0 Å². The maximum Gasteiger partial charge on any atom is 0.125 e. The van der Waals surface area contributed by atoms with Gasteiger partial charge in [0.15, 0.2) is 0 Å². The number of aliphatic hydroxyl groups excluding tert-OH is 1. The first-order valence-electron chi connectivity index (χ1n) is 11.0. The molecule has 0 aromatic heterocycles. The van der Waals surface area contributed by atoms with Crippen molar-refractivity contribution in [2.45, 2.75) is 77.7 Å². The van der Waals surface area contributed by atoms with Crippen molar-refractivity contribution < 1.29 is 14.6 Å². The van der Waals surface area contributed by atoms with Crippen molar-refractivity contribution in [2.24, 2.45) is 23.5 Å². The van der Waals surface area contributed by atoms with Gasteiger partial charge in [0.05, 0.1) is 20.3 Å². The number of methoxy groups -OCH3 is 1. The van der Waals surface area contributed by atoms with Crippen molar-refractivity contribution in [1.29, 1.82) is 0 Å². The molecular formula is C24H41NO3. The first kappa shape index (κ1) is 23.0. The van der Waals surface area contributed by atoms with E-state index in [0.717, 1.165) is 48.8 Å². The Morgan fingerprint density at radius 1 is 1.21 bits per heavy atom. The van der Waals surface area contributed by atoms with Gasteiger partial charge in [-0.1, -0.05) is 52.5 Å². The topological polar surface area (TPSA) is 64.7 Å². The van der Waals surface area contributed by atoms with Crippen LogP contribution in [0.4, 0.5) is 0 Å². The molecule has 4 heteroatoms. The molecule has 0 aliphatic heterocycles. The molecule has 1 saturated carbocycles. The van der Waals surface area contributed by atoms with Gasteiger partial charge in [0.1, 0.15) is 11.5 Å². The molecule has 1 aliphatic carbocycles. The summed E-state index contributed by atoms with van der Waals surface area (Å²) >= 11 is 0. The predicted octanol–water partition coefficient (Wildman–Crippen LogP) is 4.96. The standard InChI is InChI=1S/C24H41NO3/c1-18(2)6-5-7-19(3)16-28-22-11-10-21(23(14-22)27-4)12-13-24(25,17-26)15-20-8-9-20/h10-11,14,18-20,26H,5-9,12-13,15-17,25H2,1-4H3. The molecule has 0 amide bonds. The van der Waals surface area contributed by atoms with Crippen LogP contribution in [0.25, 0.3) is 0 Å². The first-order valence-corrected chi connectivity index (χ1v) is 11.0. The van der Waals surface area contributed by atoms with Gasteiger partial charge in [-0.25, -0.2) is 0 Å². The van der Waals surface area contributed by atoms with Crippen molar-refractivity contribution >= 4 is 0 Å². The number of aryl methyl sites for hydroxylation is 1. The quantitative estimate of drug-likeness (QED) is 0.470. The Labute approximate surface area is 171 Å². The van der Waals surface area contributed by atoms with E-state index in [4.69, 9.17) is 15.2 Å². The van der Waals surface area contributed by atoms with E-state index in [1.165, 1.54) is 32.1 Å². The average molecular weight is 392 g/mol. The largest absolute Gasteiger partial charge is 0.496 e. The van der Waals surface area contributed by atoms with Crippen LogP contribution in [0.15, 0.2) is 18.2 Å². The molecule has 1 aliphatic rings. The second-order valence-corrected chi connectivity index (χ2v) is 9.38. The van der Waals surface area contributed by atoms with E-state index < -0.39 is 5.54 Å². The normalized spacial score (nSPS) is 17.4. The van der Waals surface area contributed by atoms with Gasteiger partial charge < -0.3 is 20.3 Å². The number of rotatable bonds is 14. The van der Waals surface area contributed by atoms with E-state index in [1.807, 2.05) is 12.1 Å². The Bertz CT molecular complexity index is 585. The molecule has 0 bridgehead atoms. The van der Waals surface area contributed by atoms with E-state index in [2.05, 4.69) is 26.8 Å². The minimum Gasteiger partial charge on any atom is -0.496 e. The summed E-state index contributed by atoms with van der Waals surface area (Å²) < 4.78 is 11.6. The van der Waals surface area contributed by atoms with Gasteiger partial charge in [-0.3, -0.25) is 0 Å². The predicted molar refractivity (Wildman–Crippen MR) is 116 cm³/mol. The van der Waals surface area contributed by atoms with Gasteiger partial charge in [0, 0.05) is 11.6 Å². The number of aliphatic hydroxyl groups is 1. The van der Waals surface area contributed by atoms with Crippen LogP contribution in [-0.4, -0.2) is 31.0 Å². The molecule has 1 aromatic carbocycles. The molecule has 2 atom stereocenters. The van der Waals surface area contributed by atoms with Crippen LogP contribution in [0.1, 0.15) is 71.3 Å². The molecule has 1 fully saturated rings. The Morgan fingerprint density at radius 3 is 2.57 bits per heavy atom. The highest BCUT2D eigenvalue weighted by Gasteiger charge is 2.33. The molecule has 3 N–H and O–H groups in total. The fourth-order valence-corrected chi connectivity index (χ4v) is 3.74. The fourth-order valence-electron chi connectivity index (χ4n) is 3.74. The van der Waals surface area contributed by atoms with Crippen molar-refractivity contribution in [3.05, 3.63) is 23.8 Å². The smallest absolute Gasteiger partial charge is 0.125 e. The summed E-state index contributed by atoms with van der Waals surface area (Å²) in [6.07, 6.45) is 8.74. The van der Waals surface area contributed by atoms with E-state index in [9.17, 15) is 5.11 Å². The van der Waals surface area contributed by atoms with E-state index in [0.29, 0.717) is 11.8 Å². The first-order chi connectivity index (χ1) is 13.3. The maximum absolute atomic E-state index is 9.75. The molecule has 2 unspecified atom stereocenters. The molecule has 1 aromatic rings. The zero-order valence-electron chi connectivity index (χ0n) is 18.4. The zero-order valence-corrected chi connectivity index (χ0v) is 18.4. The van der Waals surface area contributed by atoms with Crippen LogP contribution in [0.2, 0.25) is 0 Å². The molecular weight excluding hydrogens is 350 g/mol. The second-order valence-electron chi connectivity index (χ2n) is 9.38. The summed E-state index contributed by atoms with van der Waals surface area (Å²) in [4.78, 5) is 0. The van der Waals surface area contributed by atoms with Crippen molar-refractivity contribution in [3.8, 4) is 11.5 Å². The van der Waals surface area contributed by atoms with Crippen LogP contribution < -0.4 is 15.2 Å². The maximum atomic E-state index is 9.75. The summed E-state index contributed by atoms with van der Waals surface area (Å²) in [5.74, 6) is 3.73. The monoisotopic (exact) mass is 391 g/mol. The molecule has 160 valence electrons. The fraction of sp³-hybridized carbons (Fsp3) is 0.750. The Hall–Kier alpha value is -1.26. The summed E-state index contributed by atoms with van der Waals surface area (Å²) in [6.45, 7) is 7.58. The molecule has 0 spiro atoms. The molecule has 0 radical (unpaired) electrons. The lowest BCUT2D eigenvalue weighted by molar-refractivity contribution is 0.172. The van der Waals surface area contributed by atoms with Crippen molar-refractivity contribution in [2.75, 3.05) is 20.3 Å². The summed E-state index contributed by atoms with van der Waals surface area (Å²) in [5.41, 5.74) is 7.08. The van der Waals surface area contributed by atoms with E-state index in [-0.39, 0.29) is 6.61 Å². The molecule has 4 nitrogen and oxygen atoms in total. The SMILES string of the molecule is COc1cc(OCC(C)CCCC(C)C)ccc1CCC(N)(CO)CC1CC1. The van der Waals surface area contributed by atoms with Gasteiger partial charge in [0.2, 0.25) is 0 Å². The highest BCUT2D eigenvalue weighted by Crippen LogP contribution is 2.37. The summed E-state index contributed by atoms with van der Waals surface area (Å²) in [5, 5.41) is 9.75. The van der Waals surface area contributed by atoms with Gasteiger partial charge in [-0.15, -0.1) is 0 Å². The van der Waals surface area contributed by atoms with Gasteiger partial charge in [-0.05, 0) is 55.1 Å². The van der Waals surface area contributed by atoms with E-state index >= 15 is 0 Å². The van der Waals surface area contributed by atoms with Gasteiger partial charge in [-0.2, -0.15) is 0 Å². The zero-order chi connectivity index (χ0) is 20.6. The van der Waals surface area contributed by atoms with Crippen LogP contribution in [-0.2, 0) is 6.42 Å². The van der Waals surface area contributed by atoms with Crippen LogP contribution in [0, 0.1) is 17.8 Å². The summed E-state index contributed by atoms with van der Waals surface area (Å²) in [7, 11) is 1.70. The number of hydrogen-bond donors (Lipinski definition) is 2. The van der Waals surface area contributed by atoms with Gasteiger partial charge in [0.25, 0.3) is 0 Å². The molecule has 0 heterocycles. The highest BCUT2D eigenvalue weighted by atomic mass is 16.5. The molecule has 0 saturated heterocycles. The second kappa shape index (κ2) is 11.1. The van der Waals surface area contributed by atoms with Crippen LogP contribution in [0.5, 0.6) is 11.5 Å². The lowest BCUT2D eigenvalue weighted by Gasteiger charge is -2.27. The molecule has 2 rings (SSSR count). The third-order valence-electron chi connectivity index (χ3n) is 5.87. The van der Waals surface area contributed by atoms with Crippen LogP contribution >= 0.6 is 0 Å². The third kappa shape index (κ3) is 8.00.